The third kappa shape index (κ3) is 5.20. The SMILES string of the molecule is Cc1cc(Br)cc(CN(CC(N)=O)CC(C)C)c1O. The number of benzene rings is 1. The second-order valence-corrected chi connectivity index (χ2v) is 6.18. The number of rotatable bonds is 6. The Morgan fingerprint density at radius 3 is 2.63 bits per heavy atom. The molecule has 0 unspecified atom stereocenters. The molecule has 0 aliphatic heterocycles. The van der Waals surface area contributed by atoms with E-state index < -0.39 is 0 Å². The number of aromatic hydroxyl groups is 1. The van der Waals surface area contributed by atoms with Crippen molar-refractivity contribution in [2.75, 3.05) is 13.1 Å². The number of amides is 1. The van der Waals surface area contributed by atoms with Crippen LogP contribution in [0.3, 0.4) is 0 Å². The third-order valence-corrected chi connectivity index (χ3v) is 3.20. The summed E-state index contributed by atoms with van der Waals surface area (Å²) in [5, 5.41) is 10.1. The van der Waals surface area contributed by atoms with Gasteiger partial charge in [-0.3, -0.25) is 9.69 Å². The summed E-state index contributed by atoms with van der Waals surface area (Å²) in [6.45, 7) is 7.48. The molecule has 0 saturated heterocycles. The lowest BCUT2D eigenvalue weighted by atomic mass is 10.1. The number of carbonyl (C=O) groups excluding carboxylic acids is 1. The summed E-state index contributed by atoms with van der Waals surface area (Å²) in [6, 6.07) is 3.73. The van der Waals surface area contributed by atoms with Crippen LogP contribution in [0.4, 0.5) is 0 Å². The third-order valence-electron chi connectivity index (χ3n) is 2.74. The summed E-state index contributed by atoms with van der Waals surface area (Å²) >= 11 is 3.42. The number of carbonyl (C=O) groups is 1. The topological polar surface area (TPSA) is 66.6 Å². The van der Waals surface area contributed by atoms with Crippen LogP contribution in [0.15, 0.2) is 16.6 Å². The maximum absolute atomic E-state index is 11.1. The van der Waals surface area contributed by atoms with Crippen LogP contribution in [0.5, 0.6) is 5.75 Å². The Morgan fingerprint density at radius 1 is 1.47 bits per heavy atom. The molecule has 0 bridgehead atoms. The van der Waals surface area contributed by atoms with Crippen LogP contribution in [0.1, 0.15) is 25.0 Å². The number of halogens is 1. The predicted octanol–water partition coefficient (Wildman–Crippen LogP) is 2.41. The van der Waals surface area contributed by atoms with Crippen molar-refractivity contribution < 1.29 is 9.90 Å². The molecule has 1 rings (SSSR count). The molecule has 0 aliphatic carbocycles. The fourth-order valence-corrected chi connectivity index (χ4v) is 2.71. The molecule has 0 saturated carbocycles. The highest BCUT2D eigenvalue weighted by molar-refractivity contribution is 9.10. The van der Waals surface area contributed by atoms with Gasteiger partial charge in [-0.15, -0.1) is 0 Å². The van der Waals surface area contributed by atoms with Crippen molar-refractivity contribution in [3.8, 4) is 5.75 Å². The Kier molecular flexibility index (Phi) is 5.82. The molecular weight excluding hydrogens is 308 g/mol. The Hall–Kier alpha value is -1.07. The minimum absolute atomic E-state index is 0.198. The average Bonchev–Trinajstić information content (AvgIpc) is 2.23. The highest BCUT2D eigenvalue weighted by Gasteiger charge is 2.14. The quantitative estimate of drug-likeness (QED) is 0.842. The van der Waals surface area contributed by atoms with Crippen LogP contribution in [0, 0.1) is 12.8 Å². The molecule has 0 fully saturated rings. The Balaban J connectivity index is 2.92. The number of aryl methyl sites for hydroxylation is 1. The van der Waals surface area contributed by atoms with Crippen molar-refractivity contribution in [3.05, 3.63) is 27.7 Å². The van der Waals surface area contributed by atoms with E-state index in [0.29, 0.717) is 12.5 Å². The van der Waals surface area contributed by atoms with E-state index in [2.05, 4.69) is 29.8 Å². The fourth-order valence-electron chi connectivity index (χ4n) is 2.09. The molecule has 0 radical (unpaired) electrons. The summed E-state index contributed by atoms with van der Waals surface area (Å²) in [4.78, 5) is 13.1. The van der Waals surface area contributed by atoms with E-state index in [9.17, 15) is 9.90 Å². The molecule has 5 heteroatoms. The summed E-state index contributed by atoms with van der Waals surface area (Å²) in [5.74, 6) is 0.350. The van der Waals surface area contributed by atoms with Crippen LogP contribution in [-0.2, 0) is 11.3 Å². The number of primary amides is 1. The van der Waals surface area contributed by atoms with Crippen molar-refractivity contribution in [1.82, 2.24) is 4.90 Å². The number of hydrogen-bond donors (Lipinski definition) is 2. The molecule has 106 valence electrons. The number of hydrogen-bond acceptors (Lipinski definition) is 3. The van der Waals surface area contributed by atoms with Crippen LogP contribution in [-0.4, -0.2) is 29.0 Å². The lowest BCUT2D eigenvalue weighted by molar-refractivity contribution is -0.119. The molecule has 0 heterocycles. The first-order valence-electron chi connectivity index (χ1n) is 6.28. The first-order valence-corrected chi connectivity index (χ1v) is 7.07. The first-order chi connectivity index (χ1) is 8.79. The largest absolute Gasteiger partial charge is 0.507 e. The number of phenolic OH excluding ortho intramolecular Hbond substituents is 1. The van der Waals surface area contributed by atoms with Crippen molar-refractivity contribution in [2.45, 2.75) is 27.3 Å². The van der Waals surface area contributed by atoms with E-state index in [-0.39, 0.29) is 18.2 Å². The van der Waals surface area contributed by atoms with Gasteiger partial charge in [0, 0.05) is 23.1 Å². The molecule has 1 aromatic carbocycles. The minimum atomic E-state index is -0.355. The van der Waals surface area contributed by atoms with Gasteiger partial charge in [-0.25, -0.2) is 0 Å². The second-order valence-electron chi connectivity index (χ2n) is 5.26. The monoisotopic (exact) mass is 328 g/mol. The van der Waals surface area contributed by atoms with Gasteiger partial charge in [-0.05, 0) is 30.5 Å². The molecule has 0 aliphatic rings. The average molecular weight is 329 g/mol. The van der Waals surface area contributed by atoms with Crippen LogP contribution < -0.4 is 5.73 Å². The summed E-state index contributed by atoms with van der Waals surface area (Å²) in [6.07, 6.45) is 0. The van der Waals surface area contributed by atoms with Crippen LogP contribution >= 0.6 is 15.9 Å². The molecule has 0 atom stereocenters. The van der Waals surface area contributed by atoms with Gasteiger partial charge >= 0.3 is 0 Å². The van der Waals surface area contributed by atoms with E-state index in [0.717, 1.165) is 22.1 Å². The maximum atomic E-state index is 11.1. The smallest absolute Gasteiger partial charge is 0.231 e. The second kappa shape index (κ2) is 6.91. The van der Waals surface area contributed by atoms with E-state index in [4.69, 9.17) is 5.73 Å². The Labute approximate surface area is 122 Å². The van der Waals surface area contributed by atoms with E-state index in [1.807, 2.05) is 24.0 Å². The minimum Gasteiger partial charge on any atom is -0.507 e. The lowest BCUT2D eigenvalue weighted by Crippen LogP contribution is -2.35. The lowest BCUT2D eigenvalue weighted by Gasteiger charge is -2.23. The van der Waals surface area contributed by atoms with Crippen molar-refractivity contribution in [3.63, 3.8) is 0 Å². The standard InChI is InChI=1S/C14H21BrN2O2/c1-9(2)6-17(8-13(16)18)7-11-5-12(15)4-10(3)14(11)19/h4-5,9,19H,6-8H2,1-3H3,(H2,16,18). The van der Waals surface area contributed by atoms with Crippen molar-refractivity contribution in [2.24, 2.45) is 11.7 Å². The van der Waals surface area contributed by atoms with Crippen LogP contribution in [0.2, 0.25) is 0 Å². The Bertz CT molecular complexity index is 461. The van der Waals surface area contributed by atoms with Gasteiger partial charge in [-0.2, -0.15) is 0 Å². The van der Waals surface area contributed by atoms with Gasteiger partial charge in [0.15, 0.2) is 0 Å². The fraction of sp³-hybridized carbons (Fsp3) is 0.500. The number of phenols is 1. The molecule has 19 heavy (non-hydrogen) atoms. The summed E-state index contributed by atoms with van der Waals surface area (Å²) in [5.41, 5.74) is 6.88. The zero-order chi connectivity index (χ0) is 14.6. The Morgan fingerprint density at radius 2 is 2.11 bits per heavy atom. The van der Waals surface area contributed by atoms with Gasteiger partial charge in [0.2, 0.25) is 5.91 Å². The van der Waals surface area contributed by atoms with Crippen molar-refractivity contribution >= 4 is 21.8 Å². The zero-order valence-corrected chi connectivity index (χ0v) is 13.2. The predicted molar refractivity (Wildman–Crippen MR) is 79.9 cm³/mol. The number of nitrogens with two attached hydrogens (primary N) is 1. The van der Waals surface area contributed by atoms with Gasteiger partial charge in [0.1, 0.15) is 5.75 Å². The van der Waals surface area contributed by atoms with E-state index >= 15 is 0 Å². The molecule has 4 nitrogen and oxygen atoms in total. The van der Waals surface area contributed by atoms with Crippen molar-refractivity contribution in [1.29, 1.82) is 0 Å². The van der Waals surface area contributed by atoms with Gasteiger partial charge < -0.3 is 10.8 Å². The molecule has 0 spiro atoms. The van der Waals surface area contributed by atoms with Gasteiger partial charge in [0.25, 0.3) is 0 Å². The van der Waals surface area contributed by atoms with Gasteiger partial charge in [-0.1, -0.05) is 29.8 Å². The molecule has 3 N–H and O–H groups in total. The maximum Gasteiger partial charge on any atom is 0.231 e. The number of nitrogens with zero attached hydrogens (tertiary/aromatic N) is 1. The normalized spacial score (nSPS) is 11.3. The summed E-state index contributed by atoms with van der Waals surface area (Å²) in [7, 11) is 0. The van der Waals surface area contributed by atoms with Gasteiger partial charge in [0.05, 0.1) is 6.54 Å². The molecule has 1 aromatic rings. The van der Waals surface area contributed by atoms with E-state index in [1.54, 1.807) is 0 Å². The first kappa shape index (κ1) is 16.0. The molecule has 0 aromatic heterocycles. The zero-order valence-electron chi connectivity index (χ0n) is 11.6. The van der Waals surface area contributed by atoms with E-state index in [1.165, 1.54) is 0 Å². The molecular formula is C14H21BrN2O2. The summed E-state index contributed by atoms with van der Waals surface area (Å²) < 4.78 is 0.918. The van der Waals surface area contributed by atoms with Crippen LogP contribution in [0.25, 0.3) is 0 Å². The highest BCUT2D eigenvalue weighted by atomic mass is 79.9. The highest BCUT2D eigenvalue weighted by Crippen LogP contribution is 2.27. The molecule has 1 amide bonds.